The lowest BCUT2D eigenvalue weighted by atomic mass is 9.83. The number of hydrogen-bond donors (Lipinski definition) is 0. The molecule has 0 aliphatic carbocycles. The van der Waals surface area contributed by atoms with Gasteiger partial charge in [-0.3, -0.25) is 0 Å². The molecule has 8 heteroatoms. The van der Waals surface area contributed by atoms with Gasteiger partial charge in [-0.2, -0.15) is 18.3 Å². The predicted octanol–water partition coefficient (Wildman–Crippen LogP) is 2.73. The summed E-state index contributed by atoms with van der Waals surface area (Å²) in [6.45, 7) is 2.60. The van der Waals surface area contributed by atoms with Crippen LogP contribution in [0.2, 0.25) is 0 Å². The number of nitrogens with zero attached hydrogens (tertiary/aromatic N) is 4. The number of piperidine rings is 1. The maximum absolute atomic E-state index is 12.8. The molecular formula is C13H14N4O2S2. The summed E-state index contributed by atoms with van der Waals surface area (Å²) in [5.74, 6) is 0. The molecule has 1 fully saturated rings. The molecule has 0 radical (unpaired) electrons. The smallest absolute Gasteiger partial charge is 0.207 e. The molecule has 2 aliphatic rings. The lowest BCUT2D eigenvalue weighted by molar-refractivity contribution is 0.232. The molecule has 0 atom stereocenters. The maximum Gasteiger partial charge on any atom is 0.245 e. The number of fused-ring (bicyclic) bond motifs is 1. The Morgan fingerprint density at radius 1 is 1.33 bits per heavy atom. The minimum atomic E-state index is -3.59. The van der Waals surface area contributed by atoms with E-state index in [4.69, 9.17) is 5.26 Å². The number of hydrogen-bond acceptors (Lipinski definition) is 5. The SMILES string of the molecule is CC1(C#N)CCN(S(=O)(=O)c2cccc3c2N=S=N3)CC1. The van der Waals surface area contributed by atoms with Crippen LogP contribution in [-0.4, -0.2) is 25.8 Å². The molecule has 6 nitrogen and oxygen atoms in total. The van der Waals surface area contributed by atoms with Crippen molar-refractivity contribution in [2.24, 2.45) is 14.1 Å². The van der Waals surface area contributed by atoms with Crippen LogP contribution in [0.4, 0.5) is 11.4 Å². The van der Waals surface area contributed by atoms with E-state index in [2.05, 4.69) is 14.8 Å². The van der Waals surface area contributed by atoms with Crippen LogP contribution in [0.1, 0.15) is 19.8 Å². The van der Waals surface area contributed by atoms with E-state index in [0.29, 0.717) is 37.3 Å². The highest BCUT2D eigenvalue weighted by atomic mass is 32.2. The number of nitriles is 1. The molecule has 21 heavy (non-hydrogen) atoms. The van der Waals surface area contributed by atoms with Crippen molar-refractivity contribution in [2.45, 2.75) is 24.7 Å². The lowest BCUT2D eigenvalue weighted by Gasteiger charge is -2.34. The van der Waals surface area contributed by atoms with Gasteiger partial charge in [0, 0.05) is 13.1 Å². The Kier molecular flexibility index (Phi) is 3.43. The van der Waals surface area contributed by atoms with Gasteiger partial charge in [0.05, 0.1) is 22.8 Å². The Morgan fingerprint density at radius 2 is 2.05 bits per heavy atom. The molecule has 110 valence electrons. The van der Waals surface area contributed by atoms with Gasteiger partial charge in [0.1, 0.15) is 16.3 Å². The monoisotopic (exact) mass is 322 g/mol. The fraction of sp³-hybridized carbons (Fsp3) is 0.462. The number of sulfonamides is 1. The predicted molar refractivity (Wildman–Crippen MR) is 79.7 cm³/mol. The summed E-state index contributed by atoms with van der Waals surface area (Å²) in [5.41, 5.74) is 0.594. The molecule has 0 saturated carbocycles. The van der Waals surface area contributed by atoms with Crippen LogP contribution < -0.4 is 0 Å². The second-order valence-electron chi connectivity index (χ2n) is 5.46. The topological polar surface area (TPSA) is 85.9 Å². The van der Waals surface area contributed by atoms with Crippen molar-refractivity contribution in [2.75, 3.05) is 13.1 Å². The first kappa shape index (κ1) is 14.4. The first-order chi connectivity index (χ1) is 9.96. The van der Waals surface area contributed by atoms with Gasteiger partial charge in [0.2, 0.25) is 10.0 Å². The van der Waals surface area contributed by atoms with Crippen molar-refractivity contribution in [3.63, 3.8) is 0 Å². The van der Waals surface area contributed by atoms with Gasteiger partial charge in [0.15, 0.2) is 0 Å². The molecule has 3 rings (SSSR count). The Hall–Kier alpha value is -1.56. The average Bonchev–Trinajstić information content (AvgIpc) is 2.96. The zero-order valence-electron chi connectivity index (χ0n) is 11.5. The van der Waals surface area contributed by atoms with Gasteiger partial charge in [-0.05, 0) is 31.9 Å². The van der Waals surface area contributed by atoms with Crippen molar-refractivity contribution in [3.8, 4) is 6.07 Å². The summed E-state index contributed by atoms with van der Waals surface area (Å²) < 4.78 is 35.2. The van der Waals surface area contributed by atoms with Gasteiger partial charge < -0.3 is 0 Å². The van der Waals surface area contributed by atoms with Crippen LogP contribution in [0.3, 0.4) is 0 Å². The fourth-order valence-corrected chi connectivity index (χ4v) is 4.65. The Bertz CT molecular complexity index is 796. The van der Waals surface area contributed by atoms with Crippen molar-refractivity contribution >= 4 is 32.8 Å². The minimum absolute atomic E-state index is 0.203. The minimum Gasteiger partial charge on any atom is -0.207 e. The maximum atomic E-state index is 12.8. The van der Waals surface area contributed by atoms with E-state index in [1.54, 1.807) is 18.2 Å². The van der Waals surface area contributed by atoms with Crippen LogP contribution in [0.25, 0.3) is 0 Å². The second-order valence-corrected chi connectivity index (χ2v) is 7.90. The Balaban J connectivity index is 1.92. The highest BCUT2D eigenvalue weighted by Gasteiger charge is 2.36. The van der Waals surface area contributed by atoms with Crippen molar-refractivity contribution in [1.29, 1.82) is 5.26 Å². The summed E-state index contributed by atoms with van der Waals surface area (Å²) in [7, 11) is -3.59. The van der Waals surface area contributed by atoms with Gasteiger partial charge >= 0.3 is 0 Å². The quantitative estimate of drug-likeness (QED) is 0.852. The fourth-order valence-electron chi connectivity index (χ4n) is 2.46. The molecular weight excluding hydrogens is 308 g/mol. The molecule has 0 unspecified atom stereocenters. The summed E-state index contributed by atoms with van der Waals surface area (Å²) in [6, 6.07) is 7.27. The van der Waals surface area contributed by atoms with Gasteiger partial charge in [0.25, 0.3) is 0 Å². The van der Waals surface area contributed by atoms with E-state index in [-0.39, 0.29) is 4.90 Å². The van der Waals surface area contributed by atoms with E-state index in [0.717, 1.165) is 11.4 Å². The molecule has 0 aromatic heterocycles. The van der Waals surface area contributed by atoms with Crippen LogP contribution >= 0.6 is 0 Å². The molecule has 1 saturated heterocycles. The summed E-state index contributed by atoms with van der Waals surface area (Å²) in [6.07, 6.45) is 1.10. The van der Waals surface area contributed by atoms with E-state index in [9.17, 15) is 8.42 Å². The molecule has 1 aromatic rings. The molecule has 1 aromatic carbocycles. The number of benzene rings is 1. The van der Waals surface area contributed by atoms with Crippen LogP contribution in [0, 0.1) is 16.7 Å². The summed E-state index contributed by atoms with van der Waals surface area (Å²) in [5, 5.41) is 9.14. The summed E-state index contributed by atoms with van der Waals surface area (Å²) in [4.78, 5) is 0.203. The second kappa shape index (κ2) is 5.02. The third kappa shape index (κ3) is 2.41. The zero-order chi connectivity index (χ0) is 15.1. The van der Waals surface area contributed by atoms with Crippen molar-refractivity contribution < 1.29 is 8.42 Å². The van der Waals surface area contributed by atoms with Gasteiger partial charge in [-0.1, -0.05) is 6.07 Å². The first-order valence-electron chi connectivity index (χ1n) is 6.59. The Morgan fingerprint density at radius 3 is 2.71 bits per heavy atom. The third-order valence-electron chi connectivity index (χ3n) is 3.96. The first-order valence-corrected chi connectivity index (χ1v) is 8.76. The van der Waals surface area contributed by atoms with Crippen molar-refractivity contribution in [3.05, 3.63) is 18.2 Å². The van der Waals surface area contributed by atoms with Crippen molar-refractivity contribution in [1.82, 2.24) is 4.31 Å². The van der Waals surface area contributed by atoms with Crippen LogP contribution in [-0.2, 0) is 21.4 Å². The molecule has 0 N–H and O–H groups in total. The van der Waals surface area contributed by atoms with E-state index in [1.165, 1.54) is 4.31 Å². The average molecular weight is 322 g/mol. The van der Waals surface area contributed by atoms with E-state index < -0.39 is 15.4 Å². The largest absolute Gasteiger partial charge is 0.245 e. The van der Waals surface area contributed by atoms with Gasteiger partial charge in [-0.25, -0.2) is 8.42 Å². The van der Waals surface area contributed by atoms with E-state index in [1.807, 2.05) is 6.92 Å². The van der Waals surface area contributed by atoms with Crippen LogP contribution in [0.15, 0.2) is 31.8 Å². The number of rotatable bonds is 2. The third-order valence-corrected chi connectivity index (χ3v) is 6.44. The molecule has 2 aliphatic heterocycles. The van der Waals surface area contributed by atoms with Crippen LogP contribution in [0.5, 0.6) is 0 Å². The lowest BCUT2D eigenvalue weighted by Crippen LogP contribution is -2.41. The Labute approximate surface area is 127 Å². The standard InChI is InChI=1S/C13H14N4O2S2/c1-13(9-14)5-7-17(8-6-13)21(18,19)11-4-2-3-10-12(11)16-20-15-10/h2-4H,5-8H2,1H3. The van der Waals surface area contributed by atoms with Gasteiger partial charge in [-0.15, -0.1) is 0 Å². The molecule has 2 heterocycles. The van der Waals surface area contributed by atoms with E-state index >= 15 is 0 Å². The molecule has 0 spiro atoms. The molecule has 0 bridgehead atoms. The zero-order valence-corrected chi connectivity index (χ0v) is 13.1. The summed E-state index contributed by atoms with van der Waals surface area (Å²) >= 11 is 1.01. The highest BCUT2D eigenvalue weighted by Crippen LogP contribution is 2.40. The normalized spacial score (nSPS) is 20.6. The highest BCUT2D eigenvalue weighted by molar-refractivity contribution is 7.89. The molecule has 0 amide bonds.